The molecule has 0 aromatic heterocycles. The van der Waals surface area contributed by atoms with Crippen molar-refractivity contribution in [2.24, 2.45) is 0 Å². The third kappa shape index (κ3) is 7.63. The molecule has 0 fully saturated rings. The summed E-state index contributed by atoms with van der Waals surface area (Å²) in [5, 5.41) is 19.6. The summed E-state index contributed by atoms with van der Waals surface area (Å²) in [6, 6.07) is 15.8. The van der Waals surface area contributed by atoms with Gasteiger partial charge in [0.1, 0.15) is 5.75 Å². The number of ether oxygens (including phenoxy) is 4. The highest BCUT2D eigenvalue weighted by Crippen LogP contribution is 2.39. The zero-order valence-corrected chi connectivity index (χ0v) is 23.0. The van der Waals surface area contributed by atoms with Gasteiger partial charge in [-0.05, 0) is 74.2 Å². The van der Waals surface area contributed by atoms with E-state index in [1.807, 2.05) is 101 Å². The predicted molar refractivity (Wildman–Crippen MR) is 154 cm³/mol. The molecule has 0 spiro atoms. The zero-order chi connectivity index (χ0) is 27.7. The molecule has 6 heteroatoms. The van der Waals surface area contributed by atoms with Crippen LogP contribution < -0.4 is 18.9 Å². The Labute approximate surface area is 225 Å². The molecule has 0 bridgehead atoms. The number of aliphatic hydroxyl groups is 2. The van der Waals surface area contributed by atoms with Gasteiger partial charge in [0.15, 0.2) is 11.5 Å². The maximum atomic E-state index is 9.82. The highest BCUT2D eigenvalue weighted by atomic mass is 16.5. The third-order valence-corrected chi connectivity index (χ3v) is 5.67. The molecule has 202 valence electrons. The van der Waals surface area contributed by atoms with Crippen LogP contribution in [0, 0.1) is 0 Å². The van der Waals surface area contributed by atoms with Gasteiger partial charge >= 0.3 is 0 Å². The van der Waals surface area contributed by atoms with Gasteiger partial charge in [0, 0.05) is 11.1 Å². The number of rotatable bonds is 12. The predicted octanol–water partition coefficient (Wildman–Crippen LogP) is 6.60. The van der Waals surface area contributed by atoms with Crippen molar-refractivity contribution >= 4 is 24.3 Å². The lowest BCUT2D eigenvalue weighted by molar-refractivity contribution is 0.213. The highest BCUT2D eigenvalue weighted by molar-refractivity contribution is 5.75. The first-order chi connectivity index (χ1) is 18.3. The first kappa shape index (κ1) is 28.8. The van der Waals surface area contributed by atoms with Gasteiger partial charge in [0.05, 0.1) is 39.6 Å². The summed E-state index contributed by atoms with van der Waals surface area (Å²) in [5.41, 5.74) is 5.20. The minimum absolute atomic E-state index is 0.00142. The molecule has 0 heterocycles. The summed E-state index contributed by atoms with van der Waals surface area (Å²) in [4.78, 5) is 0. The molecule has 3 aromatic carbocycles. The van der Waals surface area contributed by atoms with Crippen molar-refractivity contribution in [3.05, 3.63) is 81.9 Å². The molecule has 2 N–H and O–H groups in total. The minimum atomic E-state index is -0.164. The Morgan fingerprint density at radius 1 is 0.579 bits per heavy atom. The lowest BCUT2D eigenvalue weighted by Crippen LogP contribution is -2.10. The van der Waals surface area contributed by atoms with Crippen LogP contribution >= 0.6 is 0 Å². The first-order valence-electron chi connectivity index (χ1n) is 12.7. The average molecular weight is 519 g/mol. The molecule has 0 saturated heterocycles. The summed E-state index contributed by atoms with van der Waals surface area (Å²) in [6.45, 7) is 7.43. The number of methoxy groups -OCH3 is 2. The summed E-state index contributed by atoms with van der Waals surface area (Å²) in [7, 11) is 3.23. The van der Waals surface area contributed by atoms with Gasteiger partial charge < -0.3 is 29.2 Å². The van der Waals surface area contributed by atoms with E-state index in [0.29, 0.717) is 34.1 Å². The van der Waals surface area contributed by atoms with Crippen molar-refractivity contribution in [2.75, 3.05) is 14.2 Å². The fraction of sp³-hybridized carbons (Fsp3) is 0.312. The Hall–Kier alpha value is -3.74. The van der Waals surface area contributed by atoms with Crippen molar-refractivity contribution in [3.63, 3.8) is 0 Å². The Bertz CT molecular complexity index is 1110. The lowest BCUT2D eigenvalue weighted by atomic mass is 10.0. The minimum Gasteiger partial charge on any atom is -0.493 e. The molecule has 0 saturated carbocycles. The average Bonchev–Trinajstić information content (AvgIpc) is 2.91. The summed E-state index contributed by atoms with van der Waals surface area (Å²) in [6.07, 6.45) is 7.93. The van der Waals surface area contributed by atoms with Crippen LogP contribution in [0.2, 0.25) is 0 Å². The first-order valence-corrected chi connectivity index (χ1v) is 12.7. The molecule has 3 aromatic rings. The van der Waals surface area contributed by atoms with Gasteiger partial charge in [-0.1, -0.05) is 48.6 Å². The molecule has 38 heavy (non-hydrogen) atoms. The molecule has 0 atom stereocenters. The lowest BCUT2D eigenvalue weighted by Gasteiger charge is -2.17. The molecule has 0 aliphatic rings. The maximum Gasteiger partial charge on any atom is 0.203 e. The van der Waals surface area contributed by atoms with Crippen molar-refractivity contribution < 1.29 is 29.2 Å². The molecule has 6 nitrogen and oxygen atoms in total. The summed E-state index contributed by atoms with van der Waals surface area (Å²) in [5.74, 6) is 2.39. The van der Waals surface area contributed by atoms with Crippen LogP contribution in [0.5, 0.6) is 23.0 Å². The number of hydrogen-bond acceptors (Lipinski definition) is 6. The SMILES string of the molecule is COc1cc(/C=C/c2ccc(/C=C/c3cc(CO)c(OC(C)C)c(CO)c3)cc2)cc(OC)c1OC(C)C. The molecule has 0 unspecified atom stereocenters. The Morgan fingerprint density at radius 3 is 1.32 bits per heavy atom. The van der Waals surface area contributed by atoms with E-state index in [0.717, 1.165) is 22.3 Å². The van der Waals surface area contributed by atoms with E-state index in [4.69, 9.17) is 18.9 Å². The van der Waals surface area contributed by atoms with Gasteiger partial charge in [-0.25, -0.2) is 0 Å². The molecule has 0 radical (unpaired) electrons. The molecule has 3 rings (SSSR count). The number of benzene rings is 3. The van der Waals surface area contributed by atoms with E-state index in [9.17, 15) is 10.2 Å². The smallest absolute Gasteiger partial charge is 0.203 e. The van der Waals surface area contributed by atoms with E-state index in [1.54, 1.807) is 14.2 Å². The van der Waals surface area contributed by atoms with Crippen LogP contribution in [0.25, 0.3) is 24.3 Å². The Morgan fingerprint density at radius 2 is 0.947 bits per heavy atom. The fourth-order valence-electron chi connectivity index (χ4n) is 3.95. The van der Waals surface area contributed by atoms with E-state index in [1.165, 1.54) is 0 Å². The topological polar surface area (TPSA) is 77.4 Å². The zero-order valence-electron chi connectivity index (χ0n) is 23.0. The van der Waals surface area contributed by atoms with Crippen molar-refractivity contribution in [3.8, 4) is 23.0 Å². The second-order valence-corrected chi connectivity index (χ2v) is 9.41. The van der Waals surface area contributed by atoms with Gasteiger partial charge in [0.25, 0.3) is 0 Å². The van der Waals surface area contributed by atoms with E-state index in [2.05, 4.69) is 0 Å². The quantitative estimate of drug-likeness (QED) is 0.263. The van der Waals surface area contributed by atoms with E-state index < -0.39 is 0 Å². The van der Waals surface area contributed by atoms with Crippen LogP contribution in [0.15, 0.2) is 48.5 Å². The normalized spacial score (nSPS) is 11.6. The van der Waals surface area contributed by atoms with Crippen molar-refractivity contribution in [2.45, 2.75) is 53.1 Å². The fourth-order valence-corrected chi connectivity index (χ4v) is 3.95. The standard InChI is InChI=1S/C32H38O6/c1-21(2)37-31-27(19-33)15-25(16-28(31)20-34)13-11-23-7-9-24(10-8-23)12-14-26-17-29(35-5)32(38-22(3)4)30(18-26)36-6/h7-18,21-22,33-34H,19-20H2,1-6H3/b13-11+,14-12+. The Balaban J connectivity index is 1.78. The van der Waals surface area contributed by atoms with Gasteiger partial charge in [-0.15, -0.1) is 0 Å². The van der Waals surface area contributed by atoms with Crippen molar-refractivity contribution in [1.82, 2.24) is 0 Å². The van der Waals surface area contributed by atoms with E-state index >= 15 is 0 Å². The largest absolute Gasteiger partial charge is 0.493 e. The molecular formula is C32H38O6. The summed E-state index contributed by atoms with van der Waals surface area (Å²) < 4.78 is 22.8. The van der Waals surface area contributed by atoms with Gasteiger partial charge in [-0.3, -0.25) is 0 Å². The second-order valence-electron chi connectivity index (χ2n) is 9.41. The Kier molecular flexibility index (Phi) is 10.4. The van der Waals surface area contributed by atoms with Crippen LogP contribution in [0.4, 0.5) is 0 Å². The molecule has 0 amide bonds. The van der Waals surface area contributed by atoms with Gasteiger partial charge in [-0.2, -0.15) is 0 Å². The third-order valence-electron chi connectivity index (χ3n) is 5.67. The number of hydrogen-bond donors (Lipinski definition) is 2. The van der Waals surface area contributed by atoms with E-state index in [-0.39, 0.29) is 25.4 Å². The molecule has 0 aliphatic carbocycles. The maximum absolute atomic E-state index is 9.82. The van der Waals surface area contributed by atoms with Crippen LogP contribution in [0.3, 0.4) is 0 Å². The second kappa shape index (κ2) is 13.7. The van der Waals surface area contributed by atoms with Crippen LogP contribution in [0.1, 0.15) is 61.1 Å². The van der Waals surface area contributed by atoms with Crippen LogP contribution in [-0.2, 0) is 13.2 Å². The highest BCUT2D eigenvalue weighted by Gasteiger charge is 2.15. The molecular weight excluding hydrogens is 480 g/mol. The van der Waals surface area contributed by atoms with Gasteiger partial charge in [0.2, 0.25) is 5.75 Å². The van der Waals surface area contributed by atoms with Crippen molar-refractivity contribution in [1.29, 1.82) is 0 Å². The number of aliphatic hydroxyl groups excluding tert-OH is 2. The monoisotopic (exact) mass is 518 g/mol. The summed E-state index contributed by atoms with van der Waals surface area (Å²) >= 11 is 0. The molecule has 0 aliphatic heterocycles. The van der Waals surface area contributed by atoms with Crippen LogP contribution in [-0.4, -0.2) is 36.6 Å².